The van der Waals surface area contributed by atoms with Crippen molar-refractivity contribution in [3.63, 3.8) is 0 Å². The second-order valence-electron chi connectivity index (χ2n) is 6.39. The first-order valence-corrected chi connectivity index (χ1v) is 10.1. The minimum absolute atomic E-state index is 0.236. The molecule has 9 nitrogen and oxygen atoms in total. The molecule has 29 heavy (non-hydrogen) atoms. The average molecular weight is 413 g/mol. The first-order valence-electron chi connectivity index (χ1n) is 8.62. The summed E-state index contributed by atoms with van der Waals surface area (Å²) in [6, 6.07) is 13.2. The molecule has 0 fully saturated rings. The molecule has 0 saturated heterocycles. The van der Waals surface area contributed by atoms with E-state index in [0.29, 0.717) is 16.8 Å². The number of nitro benzene ring substituents is 1. The van der Waals surface area contributed by atoms with Gasteiger partial charge in [0.2, 0.25) is 0 Å². The molecule has 0 unspecified atom stereocenters. The summed E-state index contributed by atoms with van der Waals surface area (Å²) < 4.78 is 26.6. The van der Waals surface area contributed by atoms with Crippen LogP contribution in [0.5, 0.6) is 0 Å². The van der Waals surface area contributed by atoms with E-state index >= 15 is 0 Å². The van der Waals surface area contributed by atoms with Crippen LogP contribution in [-0.2, 0) is 10.0 Å². The molecular weight excluding hydrogens is 394 g/mol. The SMILES string of the molecule is Cc1ccc(S(=O)(=O)NN=Cc2c(C)nn(-c3ccccc3)c2C)cc1[N+](=O)[O-]. The van der Waals surface area contributed by atoms with Crippen molar-refractivity contribution in [2.45, 2.75) is 25.7 Å². The fourth-order valence-electron chi connectivity index (χ4n) is 2.83. The molecule has 0 amide bonds. The van der Waals surface area contributed by atoms with E-state index in [4.69, 9.17) is 0 Å². The number of rotatable bonds is 6. The number of para-hydroxylation sites is 1. The molecule has 1 heterocycles. The van der Waals surface area contributed by atoms with E-state index in [2.05, 4.69) is 15.0 Å². The summed E-state index contributed by atoms with van der Waals surface area (Å²) in [5.41, 5.74) is 3.12. The van der Waals surface area contributed by atoms with Crippen molar-refractivity contribution in [1.82, 2.24) is 14.6 Å². The van der Waals surface area contributed by atoms with Gasteiger partial charge in [0.1, 0.15) is 0 Å². The number of hydrogen-bond donors (Lipinski definition) is 1. The predicted octanol–water partition coefficient (Wildman–Crippen LogP) is 3.02. The van der Waals surface area contributed by atoms with E-state index in [-0.39, 0.29) is 10.6 Å². The van der Waals surface area contributed by atoms with Crippen molar-refractivity contribution >= 4 is 21.9 Å². The van der Waals surface area contributed by atoms with Crippen molar-refractivity contribution < 1.29 is 13.3 Å². The van der Waals surface area contributed by atoms with E-state index < -0.39 is 14.9 Å². The van der Waals surface area contributed by atoms with E-state index in [1.165, 1.54) is 25.3 Å². The number of aryl methyl sites for hydroxylation is 2. The normalized spacial score (nSPS) is 11.7. The molecule has 0 radical (unpaired) electrons. The summed E-state index contributed by atoms with van der Waals surface area (Å²) in [7, 11) is -4.05. The van der Waals surface area contributed by atoms with E-state index in [1.807, 2.05) is 37.3 Å². The quantitative estimate of drug-likeness (QED) is 0.378. The number of nitrogens with one attached hydrogen (secondary N) is 1. The van der Waals surface area contributed by atoms with Crippen molar-refractivity contribution in [2.24, 2.45) is 5.10 Å². The number of sulfonamides is 1. The van der Waals surface area contributed by atoms with Crippen LogP contribution in [0.3, 0.4) is 0 Å². The lowest BCUT2D eigenvalue weighted by molar-refractivity contribution is -0.385. The van der Waals surface area contributed by atoms with Gasteiger partial charge < -0.3 is 0 Å². The summed E-state index contributed by atoms with van der Waals surface area (Å²) in [5, 5.41) is 19.3. The molecule has 3 rings (SSSR count). The zero-order valence-corrected chi connectivity index (χ0v) is 16.8. The maximum Gasteiger partial charge on any atom is 0.276 e. The number of nitro groups is 1. The minimum Gasteiger partial charge on any atom is -0.258 e. The number of aromatic nitrogens is 2. The van der Waals surface area contributed by atoms with Gasteiger partial charge in [0, 0.05) is 17.2 Å². The molecule has 0 atom stereocenters. The second kappa shape index (κ2) is 7.84. The molecule has 1 aromatic heterocycles. The third kappa shape index (κ3) is 4.16. The van der Waals surface area contributed by atoms with Crippen molar-refractivity contribution in [3.05, 3.63) is 81.2 Å². The Labute approximate surface area is 167 Å². The Kier molecular flexibility index (Phi) is 5.46. The molecule has 0 bridgehead atoms. The molecule has 0 aliphatic heterocycles. The van der Waals surface area contributed by atoms with Gasteiger partial charge in [0.05, 0.1) is 33.1 Å². The molecule has 1 N–H and O–H groups in total. The highest BCUT2D eigenvalue weighted by Crippen LogP contribution is 2.22. The van der Waals surface area contributed by atoms with Crippen LogP contribution in [0.25, 0.3) is 5.69 Å². The monoisotopic (exact) mass is 413 g/mol. The molecule has 3 aromatic rings. The Morgan fingerprint density at radius 3 is 2.48 bits per heavy atom. The smallest absolute Gasteiger partial charge is 0.258 e. The van der Waals surface area contributed by atoms with Gasteiger partial charge >= 0.3 is 0 Å². The fourth-order valence-corrected chi connectivity index (χ4v) is 3.64. The maximum absolute atomic E-state index is 12.4. The van der Waals surface area contributed by atoms with Gasteiger partial charge in [-0.3, -0.25) is 10.1 Å². The van der Waals surface area contributed by atoms with Crippen LogP contribution >= 0.6 is 0 Å². The van der Waals surface area contributed by atoms with Crippen LogP contribution in [0.2, 0.25) is 0 Å². The molecule has 0 saturated carbocycles. The van der Waals surface area contributed by atoms with Crippen LogP contribution in [0.4, 0.5) is 5.69 Å². The van der Waals surface area contributed by atoms with E-state index in [1.54, 1.807) is 11.6 Å². The second-order valence-corrected chi connectivity index (χ2v) is 8.05. The molecule has 0 aliphatic rings. The van der Waals surface area contributed by atoms with Crippen LogP contribution in [0.1, 0.15) is 22.5 Å². The summed E-state index contributed by atoms with van der Waals surface area (Å²) >= 11 is 0. The van der Waals surface area contributed by atoms with E-state index in [9.17, 15) is 18.5 Å². The maximum atomic E-state index is 12.4. The Bertz CT molecular complexity index is 1200. The minimum atomic E-state index is -4.05. The van der Waals surface area contributed by atoms with Gasteiger partial charge in [-0.1, -0.05) is 24.3 Å². The Morgan fingerprint density at radius 1 is 1.14 bits per heavy atom. The zero-order chi connectivity index (χ0) is 21.2. The highest BCUT2D eigenvalue weighted by Gasteiger charge is 2.19. The van der Waals surface area contributed by atoms with Crippen LogP contribution < -0.4 is 4.83 Å². The van der Waals surface area contributed by atoms with Crippen molar-refractivity contribution in [2.75, 3.05) is 0 Å². The van der Waals surface area contributed by atoms with Gasteiger partial charge in [-0.05, 0) is 39.0 Å². The number of benzene rings is 2. The first-order chi connectivity index (χ1) is 13.7. The molecule has 2 aromatic carbocycles. The van der Waals surface area contributed by atoms with Crippen molar-refractivity contribution in [1.29, 1.82) is 0 Å². The topological polar surface area (TPSA) is 119 Å². The standard InChI is InChI=1S/C19H19N5O4S/c1-13-9-10-17(11-19(13)24(25)26)29(27,28)22-20-12-18-14(2)21-23(15(18)3)16-7-5-4-6-8-16/h4-12,22H,1-3H3. The number of hydrogen-bond acceptors (Lipinski definition) is 6. The molecule has 0 spiro atoms. The van der Waals surface area contributed by atoms with Gasteiger partial charge in [-0.25, -0.2) is 9.51 Å². The largest absolute Gasteiger partial charge is 0.276 e. The lowest BCUT2D eigenvalue weighted by Crippen LogP contribution is -2.18. The number of hydrazone groups is 1. The molecule has 150 valence electrons. The highest BCUT2D eigenvalue weighted by molar-refractivity contribution is 7.89. The average Bonchev–Trinajstić information content (AvgIpc) is 2.96. The van der Waals surface area contributed by atoms with Gasteiger partial charge in [-0.2, -0.15) is 18.6 Å². The third-order valence-corrected chi connectivity index (χ3v) is 5.62. The molecule has 0 aliphatic carbocycles. The Balaban J connectivity index is 1.86. The van der Waals surface area contributed by atoms with Crippen LogP contribution in [0, 0.1) is 30.9 Å². The zero-order valence-electron chi connectivity index (χ0n) is 16.0. The summed E-state index contributed by atoms with van der Waals surface area (Å²) in [6.45, 7) is 5.19. The predicted molar refractivity (Wildman–Crippen MR) is 109 cm³/mol. The lowest BCUT2D eigenvalue weighted by atomic mass is 10.2. The van der Waals surface area contributed by atoms with Gasteiger partial charge in [0.25, 0.3) is 15.7 Å². The Morgan fingerprint density at radius 2 is 1.83 bits per heavy atom. The lowest BCUT2D eigenvalue weighted by Gasteiger charge is -2.05. The molecular formula is C19H19N5O4S. The number of nitrogens with zero attached hydrogens (tertiary/aromatic N) is 4. The van der Waals surface area contributed by atoms with Crippen LogP contribution in [-0.4, -0.2) is 29.3 Å². The summed E-state index contributed by atoms with van der Waals surface area (Å²) in [6.07, 6.45) is 1.37. The van der Waals surface area contributed by atoms with Gasteiger partial charge in [-0.15, -0.1) is 0 Å². The summed E-state index contributed by atoms with van der Waals surface area (Å²) in [4.78, 5) is 12.3. The first kappa shape index (κ1) is 20.2. The Hall–Kier alpha value is -3.53. The van der Waals surface area contributed by atoms with Crippen molar-refractivity contribution in [3.8, 4) is 5.69 Å². The van der Waals surface area contributed by atoms with Gasteiger partial charge in [0.15, 0.2) is 0 Å². The fraction of sp³-hybridized carbons (Fsp3) is 0.158. The van der Waals surface area contributed by atoms with E-state index in [0.717, 1.165) is 17.4 Å². The molecule has 10 heteroatoms. The summed E-state index contributed by atoms with van der Waals surface area (Å²) in [5.74, 6) is 0. The highest BCUT2D eigenvalue weighted by atomic mass is 32.2. The third-order valence-electron chi connectivity index (χ3n) is 4.40. The van der Waals surface area contributed by atoms with Crippen LogP contribution in [0.15, 0.2) is 58.5 Å².